The number of thiazole rings is 1. The predicted octanol–water partition coefficient (Wildman–Crippen LogP) is 5.10. The van der Waals surface area contributed by atoms with Crippen LogP contribution in [0.4, 0.5) is 5.82 Å². The van der Waals surface area contributed by atoms with Crippen LogP contribution in [-0.4, -0.2) is 25.9 Å². The van der Waals surface area contributed by atoms with Crippen LogP contribution in [0.2, 0.25) is 0 Å². The largest absolute Gasteiger partial charge is 0.310 e. The molecule has 2 heterocycles. The maximum Gasteiger partial charge on any atom is 0.238 e. The molecule has 0 saturated heterocycles. The number of benzene rings is 1. The molecule has 5 nitrogen and oxygen atoms in total. The minimum Gasteiger partial charge on any atom is -0.310 e. The summed E-state index contributed by atoms with van der Waals surface area (Å²) in [6.45, 7) is 6.08. The van der Waals surface area contributed by atoms with E-state index >= 15 is 0 Å². The fourth-order valence-corrected chi connectivity index (χ4v) is 4.39. The molecular formula is C19H22N4OS2. The third-order valence-electron chi connectivity index (χ3n) is 4.13. The summed E-state index contributed by atoms with van der Waals surface area (Å²) in [5, 5.41) is 9.07. The molecule has 0 aliphatic carbocycles. The van der Waals surface area contributed by atoms with Crippen LogP contribution in [-0.2, 0) is 4.79 Å². The maximum atomic E-state index is 12.6. The smallest absolute Gasteiger partial charge is 0.238 e. The average Bonchev–Trinajstić information content (AvgIpc) is 3.31. The summed E-state index contributed by atoms with van der Waals surface area (Å²) in [5.41, 5.74) is 2.03. The van der Waals surface area contributed by atoms with Crippen molar-refractivity contribution in [3.8, 4) is 11.3 Å². The zero-order valence-electron chi connectivity index (χ0n) is 15.0. The second-order valence-corrected chi connectivity index (χ2v) is 8.48. The van der Waals surface area contributed by atoms with Crippen LogP contribution >= 0.6 is 23.1 Å². The van der Waals surface area contributed by atoms with E-state index in [9.17, 15) is 4.79 Å². The van der Waals surface area contributed by atoms with E-state index in [0.29, 0.717) is 0 Å². The molecule has 1 aromatic carbocycles. The molecule has 2 aromatic heterocycles. The van der Waals surface area contributed by atoms with Gasteiger partial charge in [-0.05, 0) is 20.3 Å². The van der Waals surface area contributed by atoms with Crippen LogP contribution in [0.3, 0.4) is 0 Å². The second-order valence-electron chi connectivity index (χ2n) is 6.03. The maximum absolute atomic E-state index is 12.6. The summed E-state index contributed by atoms with van der Waals surface area (Å²) < 4.78 is 2.74. The van der Waals surface area contributed by atoms with Crippen LogP contribution in [0.5, 0.6) is 0 Å². The molecule has 3 aromatic rings. The van der Waals surface area contributed by atoms with Gasteiger partial charge >= 0.3 is 0 Å². The predicted molar refractivity (Wildman–Crippen MR) is 109 cm³/mol. The lowest BCUT2D eigenvalue weighted by molar-refractivity contribution is -0.115. The summed E-state index contributed by atoms with van der Waals surface area (Å²) in [5.74, 6) is 0.692. The number of aromatic nitrogens is 3. The Hall–Kier alpha value is -2.12. The van der Waals surface area contributed by atoms with Gasteiger partial charge in [-0.1, -0.05) is 49.0 Å². The summed E-state index contributed by atoms with van der Waals surface area (Å²) in [4.78, 5) is 17.2. The molecule has 0 saturated carbocycles. The van der Waals surface area contributed by atoms with Crippen LogP contribution in [0, 0.1) is 0 Å². The molecule has 3 rings (SSSR count). The lowest BCUT2D eigenvalue weighted by atomic mass is 10.2. The van der Waals surface area contributed by atoms with E-state index in [4.69, 9.17) is 0 Å². The van der Waals surface area contributed by atoms with Crippen molar-refractivity contribution in [1.82, 2.24) is 14.8 Å². The lowest BCUT2D eigenvalue weighted by Gasteiger charge is -2.15. The molecule has 136 valence electrons. The molecule has 0 bridgehead atoms. The van der Waals surface area contributed by atoms with Gasteiger partial charge < -0.3 is 5.32 Å². The quantitative estimate of drug-likeness (QED) is 0.574. The van der Waals surface area contributed by atoms with Crippen molar-refractivity contribution in [3.63, 3.8) is 0 Å². The fourth-order valence-electron chi connectivity index (χ4n) is 2.42. The fraction of sp³-hybridized carbons (Fsp3) is 0.316. The van der Waals surface area contributed by atoms with Gasteiger partial charge in [0.15, 0.2) is 4.34 Å². The van der Waals surface area contributed by atoms with Gasteiger partial charge in [-0.3, -0.25) is 4.79 Å². The van der Waals surface area contributed by atoms with Crippen LogP contribution in [0.1, 0.15) is 33.2 Å². The number of hydrogen-bond donors (Lipinski definition) is 1. The van der Waals surface area contributed by atoms with Crippen molar-refractivity contribution in [3.05, 3.63) is 48.0 Å². The number of amides is 1. The Morgan fingerprint density at radius 3 is 2.77 bits per heavy atom. The lowest BCUT2D eigenvalue weighted by Crippen LogP contribution is -2.24. The van der Waals surface area contributed by atoms with Crippen molar-refractivity contribution in [2.75, 3.05) is 5.32 Å². The number of carbonyl (C=O) groups is 1. The first-order valence-corrected chi connectivity index (χ1v) is 10.4. The Kier molecular flexibility index (Phi) is 6.11. The molecule has 2 atom stereocenters. The van der Waals surface area contributed by atoms with Crippen molar-refractivity contribution >= 4 is 34.8 Å². The Bertz CT molecular complexity index is 859. The highest BCUT2D eigenvalue weighted by molar-refractivity contribution is 8.02. The highest BCUT2D eigenvalue weighted by atomic mass is 32.2. The topological polar surface area (TPSA) is 59.8 Å². The first-order chi connectivity index (χ1) is 12.6. The van der Waals surface area contributed by atoms with Gasteiger partial charge in [-0.25, -0.2) is 9.67 Å². The van der Waals surface area contributed by atoms with E-state index in [-0.39, 0.29) is 17.2 Å². The van der Waals surface area contributed by atoms with E-state index < -0.39 is 0 Å². The number of nitrogens with one attached hydrogen (secondary N) is 1. The molecule has 0 unspecified atom stereocenters. The molecule has 0 radical (unpaired) electrons. The van der Waals surface area contributed by atoms with E-state index in [2.05, 4.69) is 29.2 Å². The first kappa shape index (κ1) is 18.7. The molecule has 26 heavy (non-hydrogen) atoms. The van der Waals surface area contributed by atoms with E-state index in [1.807, 2.05) is 53.4 Å². The zero-order valence-corrected chi connectivity index (χ0v) is 16.7. The number of rotatable bonds is 7. The SMILES string of the molecule is CC[C@H](C)n1nccc1NC(=O)[C@@H](C)Sc1nc(-c2ccccc2)cs1. The third kappa shape index (κ3) is 4.34. The first-order valence-electron chi connectivity index (χ1n) is 8.60. The standard InChI is InChI=1S/C19H22N4OS2/c1-4-13(2)23-17(10-11-20-23)22-18(24)14(3)26-19-21-16(12-25-19)15-8-6-5-7-9-15/h5-14H,4H2,1-3H3,(H,22,24)/t13-,14+/m0/s1. The van der Waals surface area contributed by atoms with Crippen molar-refractivity contribution in [2.45, 2.75) is 42.8 Å². The number of nitrogens with zero attached hydrogens (tertiary/aromatic N) is 3. The molecule has 0 fully saturated rings. The average molecular weight is 387 g/mol. The Labute approximate surface area is 161 Å². The minimum atomic E-state index is -0.245. The molecular weight excluding hydrogens is 364 g/mol. The van der Waals surface area contributed by atoms with Gasteiger partial charge in [0.05, 0.1) is 23.2 Å². The molecule has 0 aliphatic rings. The normalized spacial score (nSPS) is 13.3. The van der Waals surface area contributed by atoms with Crippen molar-refractivity contribution in [1.29, 1.82) is 0 Å². The second kappa shape index (κ2) is 8.51. The Balaban J connectivity index is 1.63. The molecule has 1 N–H and O–H groups in total. The van der Waals surface area contributed by atoms with E-state index in [1.165, 1.54) is 11.8 Å². The van der Waals surface area contributed by atoms with Gasteiger partial charge in [0.1, 0.15) is 5.82 Å². The molecule has 7 heteroatoms. The number of anilines is 1. The summed E-state index contributed by atoms with van der Waals surface area (Å²) in [7, 11) is 0. The number of carbonyl (C=O) groups excluding carboxylic acids is 1. The van der Waals surface area contributed by atoms with Gasteiger partial charge in [0, 0.05) is 17.0 Å². The van der Waals surface area contributed by atoms with Crippen molar-refractivity contribution in [2.24, 2.45) is 0 Å². The van der Waals surface area contributed by atoms with Crippen molar-refractivity contribution < 1.29 is 4.79 Å². The monoisotopic (exact) mass is 386 g/mol. The van der Waals surface area contributed by atoms with E-state index in [1.54, 1.807) is 17.5 Å². The van der Waals surface area contributed by atoms with E-state index in [0.717, 1.165) is 27.8 Å². The number of hydrogen-bond acceptors (Lipinski definition) is 5. The van der Waals surface area contributed by atoms with Gasteiger partial charge in [0.25, 0.3) is 0 Å². The molecule has 0 spiro atoms. The van der Waals surface area contributed by atoms with Crippen LogP contribution in [0.15, 0.2) is 52.3 Å². The van der Waals surface area contributed by atoms with Crippen LogP contribution in [0.25, 0.3) is 11.3 Å². The van der Waals surface area contributed by atoms with Gasteiger partial charge in [-0.2, -0.15) is 5.10 Å². The zero-order chi connectivity index (χ0) is 18.5. The van der Waals surface area contributed by atoms with Crippen LogP contribution < -0.4 is 5.32 Å². The summed E-state index contributed by atoms with van der Waals surface area (Å²) in [6.07, 6.45) is 2.67. The Morgan fingerprint density at radius 2 is 2.04 bits per heavy atom. The third-order valence-corrected chi connectivity index (χ3v) is 6.20. The summed E-state index contributed by atoms with van der Waals surface area (Å²) in [6, 6.07) is 12.1. The molecule has 1 amide bonds. The minimum absolute atomic E-state index is 0.0449. The van der Waals surface area contributed by atoms with Gasteiger partial charge in [-0.15, -0.1) is 11.3 Å². The highest BCUT2D eigenvalue weighted by Crippen LogP contribution is 2.31. The highest BCUT2D eigenvalue weighted by Gasteiger charge is 2.19. The summed E-state index contributed by atoms with van der Waals surface area (Å²) >= 11 is 3.04. The molecule has 0 aliphatic heterocycles. The van der Waals surface area contributed by atoms with Gasteiger partial charge in [0.2, 0.25) is 5.91 Å². The Morgan fingerprint density at radius 1 is 1.27 bits per heavy atom. The number of thioether (sulfide) groups is 1.